The molecule has 0 spiro atoms. The molecule has 41 heavy (non-hydrogen) atoms. The molecule has 0 heterocycles. The van der Waals surface area contributed by atoms with E-state index in [1.54, 1.807) is 0 Å². The molecular weight excluding hydrogens is 516 g/mol. The molecule has 4 aromatic rings. The Morgan fingerprint density at radius 1 is 0.732 bits per heavy atom. The van der Waals surface area contributed by atoms with Crippen LogP contribution in [0.3, 0.4) is 0 Å². The molecule has 3 atom stereocenters. The van der Waals surface area contributed by atoms with Crippen LogP contribution in [0.4, 0.5) is 0 Å². The first-order valence-corrected chi connectivity index (χ1v) is 15.5. The number of allylic oxidation sites excluding steroid dienone is 9. The second kappa shape index (κ2) is 8.57. The highest BCUT2D eigenvalue weighted by Gasteiger charge is 2.34. The third kappa shape index (κ3) is 3.29. The molecule has 0 fully saturated rings. The van der Waals surface area contributed by atoms with Crippen molar-refractivity contribution in [2.75, 3.05) is 0 Å². The van der Waals surface area contributed by atoms with Crippen LogP contribution in [0.1, 0.15) is 71.6 Å². The van der Waals surface area contributed by atoms with Gasteiger partial charge in [-0.3, -0.25) is 0 Å². The highest BCUT2D eigenvalue weighted by molar-refractivity contribution is 6.32. The first-order chi connectivity index (χ1) is 20.1. The smallest absolute Gasteiger partial charge is 0.0375 e. The Morgan fingerprint density at radius 2 is 1.54 bits per heavy atom. The quantitative estimate of drug-likeness (QED) is 0.206. The summed E-state index contributed by atoms with van der Waals surface area (Å²) in [6.45, 7) is 4.73. The monoisotopic (exact) mass is 546 g/mol. The Hall–Kier alpha value is -3.87. The largest absolute Gasteiger partial charge is 0.0847 e. The summed E-state index contributed by atoms with van der Waals surface area (Å²) >= 11 is 6.96. The van der Waals surface area contributed by atoms with Crippen molar-refractivity contribution >= 4 is 44.7 Å². The molecule has 0 N–H and O–H groups in total. The van der Waals surface area contributed by atoms with Gasteiger partial charge >= 0.3 is 0 Å². The van der Waals surface area contributed by atoms with Gasteiger partial charge in [0, 0.05) is 11.0 Å². The summed E-state index contributed by atoms with van der Waals surface area (Å²) in [5.74, 6) is 1.33. The molecule has 198 valence electrons. The predicted molar refractivity (Wildman–Crippen MR) is 175 cm³/mol. The number of hydrogen-bond acceptors (Lipinski definition) is 0. The SMILES string of the molecule is CC1C=C2c3ccccc3-c3ccc(C4C=C(Cl)C=C(c5ccc6c7c(cccc57)C5=C6C=CCC5C)C4)c(c32)C1. The molecule has 4 aromatic carbocycles. The maximum atomic E-state index is 6.96. The molecular formula is C40H31Cl. The van der Waals surface area contributed by atoms with E-state index >= 15 is 0 Å². The normalized spacial score (nSPS) is 23.2. The molecule has 9 rings (SSSR count). The standard InChI is InChI=1S/C40H31Cl/c1-22-17-36-28(14-15-33-29-8-3-4-9-30(29)37(18-22)40(33)36)25-19-24(20-26(41)21-25)27-13-16-34-32-10-5-7-23(2)38(32)35-12-6-11-31(27)39(34)35/h3-6,8-16,18,20-23,25H,7,17,19H2,1-2H3. The molecule has 0 bridgehead atoms. The van der Waals surface area contributed by atoms with Gasteiger partial charge in [0.1, 0.15) is 0 Å². The van der Waals surface area contributed by atoms with E-state index in [0.717, 1.165) is 24.3 Å². The fraction of sp³-hybridized carbons (Fsp3) is 0.200. The Bertz CT molecular complexity index is 2010. The fourth-order valence-corrected chi connectivity index (χ4v) is 8.77. The summed E-state index contributed by atoms with van der Waals surface area (Å²) in [5.41, 5.74) is 18.5. The van der Waals surface area contributed by atoms with E-state index in [1.165, 1.54) is 83.1 Å². The summed E-state index contributed by atoms with van der Waals surface area (Å²) in [6, 6.07) is 25.3. The first kappa shape index (κ1) is 23.8. The zero-order chi connectivity index (χ0) is 27.4. The van der Waals surface area contributed by atoms with Crippen LogP contribution >= 0.6 is 11.6 Å². The zero-order valence-corrected chi connectivity index (χ0v) is 24.2. The van der Waals surface area contributed by atoms with Crippen molar-refractivity contribution in [2.45, 2.75) is 39.0 Å². The molecule has 5 aliphatic rings. The van der Waals surface area contributed by atoms with Crippen LogP contribution in [0.25, 0.3) is 44.2 Å². The summed E-state index contributed by atoms with van der Waals surface area (Å²) in [6.07, 6.45) is 14.9. The van der Waals surface area contributed by atoms with E-state index in [2.05, 4.69) is 111 Å². The molecule has 1 heteroatoms. The Kier molecular flexibility index (Phi) is 4.97. The van der Waals surface area contributed by atoms with Crippen LogP contribution in [0, 0.1) is 11.8 Å². The van der Waals surface area contributed by atoms with E-state index in [0.29, 0.717) is 11.8 Å². The van der Waals surface area contributed by atoms with Crippen LogP contribution in [0.5, 0.6) is 0 Å². The van der Waals surface area contributed by atoms with Crippen molar-refractivity contribution in [3.63, 3.8) is 0 Å². The lowest BCUT2D eigenvalue weighted by Crippen LogP contribution is -2.13. The second-order valence-electron chi connectivity index (χ2n) is 12.7. The first-order valence-electron chi connectivity index (χ1n) is 15.1. The molecule has 0 aromatic heterocycles. The van der Waals surface area contributed by atoms with Gasteiger partial charge in [-0.25, -0.2) is 0 Å². The van der Waals surface area contributed by atoms with E-state index in [-0.39, 0.29) is 5.92 Å². The average molecular weight is 547 g/mol. The summed E-state index contributed by atoms with van der Waals surface area (Å²) in [4.78, 5) is 0. The highest BCUT2D eigenvalue weighted by Crippen LogP contribution is 2.53. The van der Waals surface area contributed by atoms with Crippen molar-refractivity contribution in [2.24, 2.45) is 11.8 Å². The number of benzene rings is 4. The van der Waals surface area contributed by atoms with Gasteiger partial charge in [-0.05, 0) is 120 Å². The van der Waals surface area contributed by atoms with Gasteiger partial charge in [0.15, 0.2) is 0 Å². The molecule has 0 radical (unpaired) electrons. The number of fused-ring (bicyclic) bond motifs is 5. The van der Waals surface area contributed by atoms with Crippen molar-refractivity contribution in [3.8, 4) is 11.1 Å². The summed E-state index contributed by atoms with van der Waals surface area (Å²) < 4.78 is 0. The summed E-state index contributed by atoms with van der Waals surface area (Å²) in [7, 11) is 0. The van der Waals surface area contributed by atoms with E-state index in [1.807, 2.05) is 0 Å². The van der Waals surface area contributed by atoms with Gasteiger partial charge in [0.05, 0.1) is 0 Å². The minimum Gasteiger partial charge on any atom is -0.0847 e. The highest BCUT2D eigenvalue weighted by atomic mass is 35.5. The van der Waals surface area contributed by atoms with Gasteiger partial charge in [0.2, 0.25) is 0 Å². The van der Waals surface area contributed by atoms with E-state index in [4.69, 9.17) is 11.6 Å². The number of halogens is 1. The third-order valence-corrected chi connectivity index (χ3v) is 10.4. The fourth-order valence-electron chi connectivity index (χ4n) is 8.48. The predicted octanol–water partition coefficient (Wildman–Crippen LogP) is 11.0. The maximum Gasteiger partial charge on any atom is 0.0375 e. The zero-order valence-electron chi connectivity index (χ0n) is 23.5. The Balaban J connectivity index is 1.16. The molecule has 5 aliphatic carbocycles. The second-order valence-corrected chi connectivity index (χ2v) is 13.1. The molecule has 0 aliphatic heterocycles. The Morgan fingerprint density at radius 3 is 2.44 bits per heavy atom. The lowest BCUT2D eigenvalue weighted by atomic mass is 9.76. The van der Waals surface area contributed by atoms with Crippen LogP contribution in [0.2, 0.25) is 0 Å². The van der Waals surface area contributed by atoms with Gasteiger partial charge in [0.25, 0.3) is 0 Å². The maximum absolute atomic E-state index is 6.96. The molecule has 3 unspecified atom stereocenters. The average Bonchev–Trinajstić information content (AvgIpc) is 3.49. The molecule has 0 saturated carbocycles. The van der Waals surface area contributed by atoms with Gasteiger partial charge < -0.3 is 0 Å². The number of hydrogen-bond donors (Lipinski definition) is 0. The van der Waals surface area contributed by atoms with Crippen LogP contribution < -0.4 is 0 Å². The van der Waals surface area contributed by atoms with E-state index in [9.17, 15) is 0 Å². The minimum atomic E-state index is 0.260. The third-order valence-electron chi connectivity index (χ3n) is 10.1. The summed E-state index contributed by atoms with van der Waals surface area (Å²) in [5, 5.41) is 3.63. The van der Waals surface area contributed by atoms with Crippen LogP contribution in [0.15, 0.2) is 102 Å². The lowest BCUT2D eigenvalue weighted by Gasteiger charge is -2.28. The van der Waals surface area contributed by atoms with Crippen LogP contribution in [-0.4, -0.2) is 0 Å². The lowest BCUT2D eigenvalue weighted by molar-refractivity contribution is 0.699. The molecule has 0 nitrogen and oxygen atoms in total. The van der Waals surface area contributed by atoms with Crippen molar-refractivity contribution < 1.29 is 0 Å². The van der Waals surface area contributed by atoms with E-state index < -0.39 is 0 Å². The Labute approximate surface area is 247 Å². The van der Waals surface area contributed by atoms with Crippen molar-refractivity contribution in [1.29, 1.82) is 0 Å². The molecule has 0 amide bonds. The van der Waals surface area contributed by atoms with Crippen LogP contribution in [-0.2, 0) is 6.42 Å². The molecule has 0 saturated heterocycles. The minimum absolute atomic E-state index is 0.260. The van der Waals surface area contributed by atoms with Crippen molar-refractivity contribution in [1.82, 2.24) is 0 Å². The number of rotatable bonds is 2. The van der Waals surface area contributed by atoms with Gasteiger partial charge in [-0.1, -0.05) is 116 Å². The van der Waals surface area contributed by atoms with Gasteiger partial charge in [-0.15, -0.1) is 0 Å². The van der Waals surface area contributed by atoms with Gasteiger partial charge in [-0.2, -0.15) is 0 Å². The van der Waals surface area contributed by atoms with Crippen molar-refractivity contribution in [3.05, 3.63) is 141 Å². The topological polar surface area (TPSA) is 0 Å².